The molecular weight excluding hydrogens is 181 g/mol. The topological polar surface area (TPSA) is 29.1 Å². The van der Waals surface area contributed by atoms with Gasteiger partial charge in [-0.25, -0.2) is 4.39 Å². The molecule has 2 nitrogen and oxygen atoms in total. The zero-order valence-electron chi connectivity index (χ0n) is 7.96. The predicted octanol–water partition coefficient (Wildman–Crippen LogP) is 1.98. The van der Waals surface area contributed by atoms with Crippen LogP contribution in [0.3, 0.4) is 0 Å². The molecule has 0 saturated heterocycles. The highest BCUT2D eigenvalue weighted by molar-refractivity contribution is 5.73. The van der Waals surface area contributed by atoms with Gasteiger partial charge in [0.2, 0.25) is 5.91 Å². The third-order valence-electron chi connectivity index (χ3n) is 1.67. The van der Waals surface area contributed by atoms with Crippen LogP contribution >= 0.6 is 0 Å². The minimum Gasteiger partial charge on any atom is -0.353 e. The van der Waals surface area contributed by atoms with Crippen molar-refractivity contribution in [3.63, 3.8) is 0 Å². The van der Waals surface area contributed by atoms with Crippen molar-refractivity contribution in [1.82, 2.24) is 5.32 Å². The molecule has 0 spiro atoms. The van der Waals surface area contributed by atoms with Gasteiger partial charge in [0.25, 0.3) is 0 Å². The van der Waals surface area contributed by atoms with Crippen LogP contribution in [0.5, 0.6) is 0 Å². The Morgan fingerprint density at radius 3 is 2.86 bits per heavy atom. The quantitative estimate of drug-likeness (QED) is 0.781. The lowest BCUT2D eigenvalue weighted by atomic mass is 10.2. The molecule has 0 unspecified atom stereocenters. The molecular formula is C11H12FNO. The number of halogens is 1. The summed E-state index contributed by atoms with van der Waals surface area (Å²) in [5.74, 6) is -0.352. The summed E-state index contributed by atoms with van der Waals surface area (Å²) in [7, 11) is 0. The molecule has 1 rings (SSSR count). The first kappa shape index (κ1) is 10.4. The van der Waals surface area contributed by atoms with E-state index in [4.69, 9.17) is 0 Å². The summed E-state index contributed by atoms with van der Waals surface area (Å²) in [5, 5.41) is 2.59. The summed E-state index contributed by atoms with van der Waals surface area (Å²) >= 11 is 0. The molecule has 1 aromatic rings. The van der Waals surface area contributed by atoms with E-state index in [9.17, 15) is 9.18 Å². The Bertz CT molecular complexity index is 347. The zero-order valence-corrected chi connectivity index (χ0v) is 7.96. The van der Waals surface area contributed by atoms with E-state index in [-0.39, 0.29) is 11.7 Å². The fraction of sp³-hybridized carbons (Fsp3) is 0.182. The minimum atomic E-state index is -0.258. The SMILES string of the molecule is CC(=O)NCC=Cc1ccccc1F. The number of hydrogen-bond acceptors (Lipinski definition) is 1. The van der Waals surface area contributed by atoms with Crippen molar-refractivity contribution in [2.24, 2.45) is 0 Å². The van der Waals surface area contributed by atoms with E-state index in [1.807, 2.05) is 0 Å². The van der Waals surface area contributed by atoms with Crippen molar-refractivity contribution >= 4 is 12.0 Å². The molecule has 0 bridgehead atoms. The average Bonchev–Trinajstić information content (AvgIpc) is 2.15. The van der Waals surface area contributed by atoms with E-state index < -0.39 is 0 Å². The lowest BCUT2D eigenvalue weighted by molar-refractivity contribution is -0.118. The van der Waals surface area contributed by atoms with Gasteiger partial charge in [0.05, 0.1) is 0 Å². The second kappa shape index (κ2) is 5.17. The van der Waals surface area contributed by atoms with Gasteiger partial charge in [-0.3, -0.25) is 4.79 Å². The Hall–Kier alpha value is -1.64. The molecule has 0 aliphatic rings. The lowest BCUT2D eigenvalue weighted by Crippen LogP contribution is -2.19. The molecule has 74 valence electrons. The maximum atomic E-state index is 13.0. The summed E-state index contributed by atoms with van der Waals surface area (Å²) in [6.07, 6.45) is 3.35. The van der Waals surface area contributed by atoms with Crippen LogP contribution in [0, 0.1) is 5.82 Å². The highest BCUT2D eigenvalue weighted by atomic mass is 19.1. The maximum Gasteiger partial charge on any atom is 0.217 e. The monoisotopic (exact) mass is 193 g/mol. The molecule has 1 amide bonds. The van der Waals surface area contributed by atoms with Crippen LogP contribution < -0.4 is 5.32 Å². The zero-order chi connectivity index (χ0) is 10.4. The van der Waals surface area contributed by atoms with Crippen LogP contribution in [-0.2, 0) is 4.79 Å². The van der Waals surface area contributed by atoms with Gasteiger partial charge in [0.1, 0.15) is 5.82 Å². The Morgan fingerprint density at radius 1 is 1.50 bits per heavy atom. The minimum absolute atomic E-state index is 0.0943. The highest BCUT2D eigenvalue weighted by Crippen LogP contribution is 2.07. The van der Waals surface area contributed by atoms with Crippen LogP contribution in [0.4, 0.5) is 4.39 Å². The summed E-state index contributed by atoms with van der Waals surface area (Å²) in [4.78, 5) is 10.5. The Balaban J connectivity index is 2.52. The van der Waals surface area contributed by atoms with E-state index >= 15 is 0 Å². The van der Waals surface area contributed by atoms with Crippen LogP contribution in [-0.4, -0.2) is 12.5 Å². The molecule has 0 aliphatic carbocycles. The summed E-state index contributed by atoms with van der Waals surface area (Å²) in [6.45, 7) is 1.86. The molecule has 0 radical (unpaired) electrons. The van der Waals surface area contributed by atoms with Gasteiger partial charge in [-0.1, -0.05) is 30.4 Å². The first-order valence-electron chi connectivity index (χ1n) is 4.35. The lowest BCUT2D eigenvalue weighted by Gasteiger charge is -1.96. The van der Waals surface area contributed by atoms with Crippen molar-refractivity contribution < 1.29 is 9.18 Å². The largest absolute Gasteiger partial charge is 0.353 e. The maximum absolute atomic E-state index is 13.0. The standard InChI is InChI=1S/C11H12FNO/c1-9(14)13-8-4-6-10-5-2-3-7-11(10)12/h2-7H,8H2,1H3,(H,13,14). The van der Waals surface area contributed by atoms with Gasteiger partial charge in [-0.15, -0.1) is 0 Å². The third kappa shape index (κ3) is 3.39. The van der Waals surface area contributed by atoms with E-state index in [1.54, 1.807) is 30.4 Å². The first-order chi connectivity index (χ1) is 6.70. The Labute approximate surface area is 82.4 Å². The molecule has 14 heavy (non-hydrogen) atoms. The van der Waals surface area contributed by atoms with Crippen LogP contribution in [0.15, 0.2) is 30.3 Å². The van der Waals surface area contributed by atoms with E-state index in [0.717, 1.165) is 0 Å². The molecule has 0 heterocycles. The van der Waals surface area contributed by atoms with Gasteiger partial charge in [-0.2, -0.15) is 0 Å². The molecule has 3 heteroatoms. The van der Waals surface area contributed by atoms with Crippen molar-refractivity contribution in [3.05, 3.63) is 41.7 Å². The predicted molar refractivity (Wildman–Crippen MR) is 54.1 cm³/mol. The summed E-state index contributed by atoms with van der Waals surface area (Å²) in [5.41, 5.74) is 0.526. The average molecular weight is 193 g/mol. The fourth-order valence-corrected chi connectivity index (χ4v) is 0.999. The molecule has 0 atom stereocenters. The Morgan fingerprint density at radius 2 is 2.21 bits per heavy atom. The van der Waals surface area contributed by atoms with Crippen molar-refractivity contribution in [3.8, 4) is 0 Å². The third-order valence-corrected chi connectivity index (χ3v) is 1.67. The number of hydrogen-bond donors (Lipinski definition) is 1. The van der Waals surface area contributed by atoms with Gasteiger partial charge in [0.15, 0.2) is 0 Å². The van der Waals surface area contributed by atoms with Crippen molar-refractivity contribution in [2.45, 2.75) is 6.92 Å². The van der Waals surface area contributed by atoms with E-state index in [1.165, 1.54) is 13.0 Å². The smallest absolute Gasteiger partial charge is 0.217 e. The number of carbonyl (C=O) groups is 1. The molecule has 0 saturated carbocycles. The molecule has 0 fully saturated rings. The molecule has 1 N–H and O–H groups in total. The van der Waals surface area contributed by atoms with E-state index in [0.29, 0.717) is 12.1 Å². The molecule has 0 aromatic heterocycles. The Kier molecular flexibility index (Phi) is 3.85. The number of nitrogens with one attached hydrogen (secondary N) is 1. The van der Waals surface area contributed by atoms with Crippen LogP contribution in [0.2, 0.25) is 0 Å². The van der Waals surface area contributed by atoms with Crippen LogP contribution in [0.25, 0.3) is 6.08 Å². The highest BCUT2D eigenvalue weighted by Gasteiger charge is 1.94. The fourth-order valence-electron chi connectivity index (χ4n) is 0.999. The van der Waals surface area contributed by atoms with Gasteiger partial charge >= 0.3 is 0 Å². The normalized spacial score (nSPS) is 10.4. The number of rotatable bonds is 3. The van der Waals surface area contributed by atoms with Gasteiger partial charge < -0.3 is 5.32 Å². The van der Waals surface area contributed by atoms with Crippen LogP contribution in [0.1, 0.15) is 12.5 Å². The summed E-state index contributed by atoms with van der Waals surface area (Å²) < 4.78 is 13.0. The van der Waals surface area contributed by atoms with Gasteiger partial charge in [0, 0.05) is 19.0 Å². The summed E-state index contributed by atoms with van der Waals surface area (Å²) in [6, 6.07) is 6.49. The number of carbonyl (C=O) groups excluding carboxylic acids is 1. The van der Waals surface area contributed by atoms with E-state index in [2.05, 4.69) is 5.32 Å². The number of amides is 1. The molecule has 0 aliphatic heterocycles. The van der Waals surface area contributed by atoms with Gasteiger partial charge in [-0.05, 0) is 6.07 Å². The van der Waals surface area contributed by atoms with Crippen molar-refractivity contribution in [2.75, 3.05) is 6.54 Å². The number of benzene rings is 1. The first-order valence-corrected chi connectivity index (χ1v) is 4.35. The molecule has 1 aromatic carbocycles. The van der Waals surface area contributed by atoms with Crippen molar-refractivity contribution in [1.29, 1.82) is 0 Å². The second-order valence-corrected chi connectivity index (χ2v) is 2.86. The second-order valence-electron chi connectivity index (χ2n) is 2.86.